The number of sulfone groups is 1. The van der Waals surface area contributed by atoms with Crippen molar-refractivity contribution in [2.75, 3.05) is 31.1 Å². The zero-order chi connectivity index (χ0) is 13.0. The maximum Gasteiger partial charge on any atom is 0.151 e. The molecule has 0 aliphatic carbocycles. The van der Waals surface area contributed by atoms with Crippen molar-refractivity contribution in [3.05, 3.63) is 0 Å². The minimum atomic E-state index is -2.79. The van der Waals surface area contributed by atoms with Crippen molar-refractivity contribution >= 4 is 9.84 Å². The number of rotatable bonds is 4. The van der Waals surface area contributed by atoms with Gasteiger partial charge in [-0.2, -0.15) is 0 Å². The second kappa shape index (κ2) is 6.35. The van der Waals surface area contributed by atoms with Crippen LogP contribution in [0.5, 0.6) is 0 Å². The molecule has 2 heterocycles. The number of piperidine rings is 1. The number of likely N-dealkylation sites (tertiary alicyclic amines) is 1. The fourth-order valence-electron chi connectivity index (χ4n) is 3.14. The Labute approximate surface area is 111 Å². The molecule has 106 valence electrons. The topological polar surface area (TPSA) is 49.4 Å². The van der Waals surface area contributed by atoms with Gasteiger partial charge in [-0.25, -0.2) is 8.42 Å². The fourth-order valence-corrected chi connectivity index (χ4v) is 4.79. The summed E-state index contributed by atoms with van der Waals surface area (Å²) in [5.41, 5.74) is 0. The van der Waals surface area contributed by atoms with E-state index >= 15 is 0 Å². The summed E-state index contributed by atoms with van der Waals surface area (Å²) >= 11 is 0. The van der Waals surface area contributed by atoms with Crippen LogP contribution >= 0.6 is 0 Å². The summed E-state index contributed by atoms with van der Waals surface area (Å²) in [6.07, 6.45) is 5.80. The summed E-state index contributed by atoms with van der Waals surface area (Å²) in [4.78, 5) is 2.50. The normalized spacial score (nSPS) is 31.1. The van der Waals surface area contributed by atoms with E-state index in [0.717, 1.165) is 19.4 Å². The van der Waals surface area contributed by atoms with Crippen molar-refractivity contribution in [3.63, 3.8) is 0 Å². The van der Waals surface area contributed by atoms with E-state index in [4.69, 9.17) is 0 Å². The summed E-state index contributed by atoms with van der Waals surface area (Å²) in [6, 6.07) is 0.560. The lowest BCUT2D eigenvalue weighted by molar-refractivity contribution is 0.204. The van der Waals surface area contributed by atoms with Crippen molar-refractivity contribution in [3.8, 4) is 0 Å². The van der Waals surface area contributed by atoms with Gasteiger partial charge in [0.25, 0.3) is 0 Å². The third kappa shape index (κ3) is 4.52. The summed E-state index contributed by atoms with van der Waals surface area (Å²) in [6.45, 7) is 5.64. The molecule has 2 saturated heterocycles. The van der Waals surface area contributed by atoms with E-state index in [1.165, 1.54) is 32.4 Å². The first kappa shape index (κ1) is 14.3. The van der Waals surface area contributed by atoms with Crippen LogP contribution in [0.4, 0.5) is 0 Å². The van der Waals surface area contributed by atoms with Gasteiger partial charge < -0.3 is 10.2 Å². The number of hydrogen-bond acceptors (Lipinski definition) is 4. The zero-order valence-corrected chi connectivity index (χ0v) is 12.2. The number of nitrogens with one attached hydrogen (secondary N) is 1. The lowest BCUT2D eigenvalue weighted by Crippen LogP contribution is -2.49. The Morgan fingerprint density at radius 2 is 1.94 bits per heavy atom. The highest BCUT2D eigenvalue weighted by Crippen LogP contribution is 2.13. The van der Waals surface area contributed by atoms with E-state index in [1.54, 1.807) is 0 Å². The molecular weight excluding hydrogens is 248 g/mol. The predicted molar refractivity (Wildman–Crippen MR) is 74.6 cm³/mol. The fraction of sp³-hybridized carbons (Fsp3) is 1.00. The molecule has 0 bridgehead atoms. The van der Waals surface area contributed by atoms with Gasteiger partial charge >= 0.3 is 0 Å². The van der Waals surface area contributed by atoms with Gasteiger partial charge in [0.2, 0.25) is 0 Å². The average Bonchev–Trinajstić information content (AvgIpc) is 2.28. The SMILES string of the molecule is CC(CN1CCCCC1)NC1CCCS(=O)(=O)C1. The molecule has 0 aromatic heterocycles. The molecule has 1 N–H and O–H groups in total. The predicted octanol–water partition coefficient (Wildman–Crippen LogP) is 1.03. The van der Waals surface area contributed by atoms with Crippen LogP contribution in [-0.2, 0) is 9.84 Å². The molecular formula is C13H26N2O2S. The summed E-state index contributed by atoms with van der Waals surface area (Å²) in [5, 5.41) is 3.50. The molecule has 5 heteroatoms. The van der Waals surface area contributed by atoms with Crippen LogP contribution in [0.25, 0.3) is 0 Å². The highest BCUT2D eigenvalue weighted by atomic mass is 32.2. The van der Waals surface area contributed by atoms with Crippen LogP contribution in [0.1, 0.15) is 39.0 Å². The standard InChI is InChI=1S/C13H26N2O2S/c1-12(10-15-7-3-2-4-8-15)14-13-6-5-9-18(16,17)11-13/h12-14H,2-11H2,1H3. The Kier molecular flexibility index (Phi) is 5.04. The third-order valence-electron chi connectivity index (χ3n) is 3.96. The smallest absolute Gasteiger partial charge is 0.151 e. The van der Waals surface area contributed by atoms with Crippen molar-refractivity contribution in [2.45, 2.75) is 51.1 Å². The van der Waals surface area contributed by atoms with Crippen LogP contribution in [0.15, 0.2) is 0 Å². The molecule has 18 heavy (non-hydrogen) atoms. The van der Waals surface area contributed by atoms with Gasteiger partial charge in [-0.15, -0.1) is 0 Å². The molecule has 4 nitrogen and oxygen atoms in total. The summed E-state index contributed by atoms with van der Waals surface area (Å²) < 4.78 is 23.2. The lowest BCUT2D eigenvalue weighted by Gasteiger charge is -2.32. The Hall–Kier alpha value is -0.130. The minimum Gasteiger partial charge on any atom is -0.309 e. The van der Waals surface area contributed by atoms with E-state index in [-0.39, 0.29) is 6.04 Å². The number of nitrogens with zero attached hydrogens (tertiary/aromatic N) is 1. The Balaban J connectivity index is 1.74. The van der Waals surface area contributed by atoms with E-state index in [2.05, 4.69) is 17.1 Å². The molecule has 0 amide bonds. The van der Waals surface area contributed by atoms with Gasteiger partial charge in [0.15, 0.2) is 9.84 Å². The molecule has 2 aliphatic heterocycles. The molecule has 2 aliphatic rings. The third-order valence-corrected chi connectivity index (χ3v) is 5.78. The van der Waals surface area contributed by atoms with Crippen molar-refractivity contribution in [1.29, 1.82) is 0 Å². The quantitative estimate of drug-likeness (QED) is 0.832. The van der Waals surface area contributed by atoms with Gasteiger partial charge in [-0.1, -0.05) is 6.42 Å². The molecule has 0 aromatic carbocycles. The van der Waals surface area contributed by atoms with E-state index in [1.807, 2.05) is 0 Å². The maximum absolute atomic E-state index is 11.6. The molecule has 2 fully saturated rings. The first-order valence-corrected chi connectivity index (χ1v) is 9.06. The molecule has 2 atom stereocenters. The van der Waals surface area contributed by atoms with Crippen molar-refractivity contribution in [2.24, 2.45) is 0 Å². The van der Waals surface area contributed by atoms with Gasteiger partial charge in [-0.05, 0) is 45.7 Å². The van der Waals surface area contributed by atoms with E-state index < -0.39 is 9.84 Å². The highest BCUT2D eigenvalue weighted by Gasteiger charge is 2.26. The van der Waals surface area contributed by atoms with Crippen LogP contribution in [0, 0.1) is 0 Å². The average molecular weight is 274 g/mol. The van der Waals surface area contributed by atoms with Crippen LogP contribution in [0.2, 0.25) is 0 Å². The maximum atomic E-state index is 11.6. The largest absolute Gasteiger partial charge is 0.309 e. The van der Waals surface area contributed by atoms with E-state index in [0.29, 0.717) is 17.5 Å². The lowest BCUT2D eigenvalue weighted by atomic mass is 10.1. The summed E-state index contributed by atoms with van der Waals surface area (Å²) in [5.74, 6) is 0.711. The van der Waals surface area contributed by atoms with Crippen LogP contribution in [0.3, 0.4) is 0 Å². The Bertz CT molecular complexity index is 350. The van der Waals surface area contributed by atoms with Crippen molar-refractivity contribution < 1.29 is 8.42 Å². The minimum absolute atomic E-state index is 0.170. The highest BCUT2D eigenvalue weighted by molar-refractivity contribution is 7.91. The second-order valence-electron chi connectivity index (χ2n) is 5.88. The summed E-state index contributed by atoms with van der Waals surface area (Å²) in [7, 11) is -2.79. The molecule has 2 unspecified atom stereocenters. The molecule has 0 radical (unpaired) electrons. The molecule has 0 saturated carbocycles. The van der Waals surface area contributed by atoms with Gasteiger partial charge in [0, 0.05) is 18.6 Å². The molecule has 0 spiro atoms. The van der Waals surface area contributed by atoms with E-state index in [9.17, 15) is 8.42 Å². The van der Waals surface area contributed by atoms with Gasteiger partial charge in [-0.3, -0.25) is 0 Å². The molecule has 2 rings (SSSR count). The zero-order valence-electron chi connectivity index (χ0n) is 11.4. The molecule has 0 aromatic rings. The van der Waals surface area contributed by atoms with Crippen molar-refractivity contribution in [1.82, 2.24) is 10.2 Å². The number of hydrogen-bond donors (Lipinski definition) is 1. The van der Waals surface area contributed by atoms with Crippen LogP contribution < -0.4 is 5.32 Å². The Morgan fingerprint density at radius 3 is 2.61 bits per heavy atom. The monoisotopic (exact) mass is 274 g/mol. The second-order valence-corrected chi connectivity index (χ2v) is 8.11. The van der Waals surface area contributed by atoms with Crippen LogP contribution in [-0.4, -0.2) is 56.5 Å². The first-order valence-electron chi connectivity index (χ1n) is 7.24. The van der Waals surface area contributed by atoms with Gasteiger partial charge in [0.05, 0.1) is 11.5 Å². The van der Waals surface area contributed by atoms with Gasteiger partial charge in [0.1, 0.15) is 0 Å². The Morgan fingerprint density at radius 1 is 1.22 bits per heavy atom. The first-order chi connectivity index (χ1) is 8.55.